The van der Waals surface area contributed by atoms with E-state index in [0.717, 1.165) is 14.9 Å². The first-order valence-corrected chi connectivity index (χ1v) is 5.60. The van der Waals surface area contributed by atoms with E-state index < -0.39 is 0 Å². The van der Waals surface area contributed by atoms with Crippen molar-refractivity contribution in [3.63, 3.8) is 0 Å². The molecule has 0 amide bonds. The van der Waals surface area contributed by atoms with Crippen molar-refractivity contribution in [3.8, 4) is 5.75 Å². The lowest BCUT2D eigenvalue weighted by Gasteiger charge is -2.02. The minimum absolute atomic E-state index is 0.863. The summed E-state index contributed by atoms with van der Waals surface area (Å²) < 4.78 is 7.76. The van der Waals surface area contributed by atoms with Crippen LogP contribution in [0.1, 0.15) is 5.56 Å². The lowest BCUT2D eigenvalue weighted by molar-refractivity contribution is 0.412. The van der Waals surface area contributed by atoms with Gasteiger partial charge in [-0.15, -0.1) is 10.2 Å². The van der Waals surface area contributed by atoms with Gasteiger partial charge in [0.05, 0.1) is 16.9 Å². The zero-order valence-electron chi connectivity index (χ0n) is 8.54. The van der Waals surface area contributed by atoms with Crippen molar-refractivity contribution in [1.29, 1.82) is 0 Å². The van der Waals surface area contributed by atoms with Crippen molar-refractivity contribution in [3.05, 3.63) is 40.0 Å². The zero-order chi connectivity index (χ0) is 11.4. The van der Waals surface area contributed by atoms with Gasteiger partial charge in [0.1, 0.15) is 18.4 Å². The van der Waals surface area contributed by atoms with Gasteiger partial charge in [-0.2, -0.15) is 5.10 Å². The Hall–Kier alpha value is -1.44. The summed E-state index contributed by atoms with van der Waals surface area (Å²) in [5, 5.41) is 11.5. The molecule has 2 aromatic rings. The molecule has 0 saturated carbocycles. The minimum Gasteiger partial charge on any atom is -0.496 e. The molecule has 16 heavy (non-hydrogen) atoms. The van der Waals surface area contributed by atoms with Gasteiger partial charge in [0.2, 0.25) is 0 Å². The highest BCUT2D eigenvalue weighted by Crippen LogP contribution is 2.20. The Morgan fingerprint density at radius 2 is 2.12 bits per heavy atom. The molecule has 1 aromatic heterocycles. The maximum atomic E-state index is 5.17. The van der Waals surface area contributed by atoms with Crippen molar-refractivity contribution < 1.29 is 4.74 Å². The van der Waals surface area contributed by atoms with Crippen LogP contribution in [0.15, 0.2) is 36.0 Å². The summed E-state index contributed by atoms with van der Waals surface area (Å²) in [4.78, 5) is 0. The summed E-state index contributed by atoms with van der Waals surface area (Å²) in [6.45, 7) is 0. The molecule has 0 atom stereocenters. The minimum atomic E-state index is 0.863. The van der Waals surface area contributed by atoms with Crippen molar-refractivity contribution in [2.24, 2.45) is 5.10 Å². The Bertz CT molecular complexity index is 496. The van der Waals surface area contributed by atoms with Crippen LogP contribution in [-0.4, -0.2) is 28.2 Å². The Morgan fingerprint density at radius 1 is 1.38 bits per heavy atom. The third-order valence-electron chi connectivity index (χ3n) is 1.92. The van der Waals surface area contributed by atoms with Crippen LogP contribution in [0, 0.1) is 3.57 Å². The summed E-state index contributed by atoms with van der Waals surface area (Å²) in [5.74, 6) is 0.863. The van der Waals surface area contributed by atoms with Crippen LogP contribution >= 0.6 is 22.6 Å². The molecular formula is C10H9IN4O. The maximum Gasteiger partial charge on any atom is 0.141 e. The van der Waals surface area contributed by atoms with Crippen LogP contribution in [0.2, 0.25) is 0 Å². The van der Waals surface area contributed by atoms with Crippen LogP contribution in [0.25, 0.3) is 0 Å². The molecule has 2 rings (SSSR count). The Morgan fingerprint density at radius 3 is 2.75 bits per heavy atom. The van der Waals surface area contributed by atoms with Crippen LogP contribution in [0.5, 0.6) is 5.75 Å². The zero-order valence-corrected chi connectivity index (χ0v) is 10.7. The highest BCUT2D eigenvalue weighted by atomic mass is 127. The van der Waals surface area contributed by atoms with Gasteiger partial charge in [-0.3, -0.25) is 0 Å². The molecule has 5 nitrogen and oxygen atoms in total. The molecule has 0 unspecified atom stereocenters. The number of hydrogen-bond donors (Lipinski definition) is 0. The fourth-order valence-corrected chi connectivity index (χ4v) is 1.91. The molecule has 1 aromatic carbocycles. The van der Waals surface area contributed by atoms with Crippen molar-refractivity contribution in [1.82, 2.24) is 14.9 Å². The molecule has 0 saturated heterocycles. The molecular weight excluding hydrogens is 319 g/mol. The van der Waals surface area contributed by atoms with Gasteiger partial charge in [-0.1, -0.05) is 0 Å². The van der Waals surface area contributed by atoms with Crippen molar-refractivity contribution >= 4 is 28.8 Å². The molecule has 82 valence electrons. The summed E-state index contributed by atoms with van der Waals surface area (Å²) in [5.41, 5.74) is 0.999. The number of rotatable bonds is 3. The van der Waals surface area contributed by atoms with Crippen LogP contribution in [0.3, 0.4) is 0 Å². The molecule has 0 N–H and O–H groups in total. The van der Waals surface area contributed by atoms with Gasteiger partial charge in [0.15, 0.2) is 0 Å². The van der Waals surface area contributed by atoms with E-state index in [1.165, 1.54) is 17.3 Å². The lowest BCUT2D eigenvalue weighted by atomic mass is 10.2. The van der Waals surface area contributed by atoms with Gasteiger partial charge in [-0.25, -0.2) is 4.68 Å². The van der Waals surface area contributed by atoms with Gasteiger partial charge in [0, 0.05) is 0 Å². The Kier molecular flexibility index (Phi) is 3.50. The third kappa shape index (κ3) is 2.57. The highest BCUT2D eigenvalue weighted by Gasteiger charge is 1.99. The van der Waals surface area contributed by atoms with Crippen LogP contribution in [-0.2, 0) is 0 Å². The summed E-state index contributed by atoms with van der Waals surface area (Å²) in [6, 6.07) is 5.84. The number of halogens is 1. The van der Waals surface area contributed by atoms with E-state index in [-0.39, 0.29) is 0 Å². The molecule has 0 fully saturated rings. The first kappa shape index (κ1) is 11.1. The van der Waals surface area contributed by atoms with Crippen molar-refractivity contribution in [2.45, 2.75) is 0 Å². The smallest absolute Gasteiger partial charge is 0.141 e. The third-order valence-corrected chi connectivity index (χ3v) is 2.77. The molecule has 0 radical (unpaired) electrons. The normalized spacial score (nSPS) is 10.9. The predicted octanol–water partition coefficient (Wildman–Crippen LogP) is 1.77. The van der Waals surface area contributed by atoms with E-state index in [1.54, 1.807) is 13.3 Å². The van der Waals surface area contributed by atoms with E-state index in [9.17, 15) is 0 Å². The first-order chi connectivity index (χ1) is 7.79. The first-order valence-electron chi connectivity index (χ1n) is 4.52. The van der Waals surface area contributed by atoms with Gasteiger partial charge in [-0.05, 0) is 46.4 Å². The predicted molar refractivity (Wildman–Crippen MR) is 68.7 cm³/mol. The number of benzene rings is 1. The second-order valence-electron chi connectivity index (χ2n) is 2.98. The van der Waals surface area contributed by atoms with Gasteiger partial charge in [0.25, 0.3) is 0 Å². The second-order valence-corrected chi connectivity index (χ2v) is 4.14. The number of ether oxygens (including phenoxy) is 1. The molecule has 6 heteroatoms. The summed E-state index contributed by atoms with van der Waals surface area (Å²) in [6.07, 6.45) is 4.81. The van der Waals surface area contributed by atoms with E-state index >= 15 is 0 Å². The van der Waals surface area contributed by atoms with E-state index in [0.29, 0.717) is 0 Å². The fourth-order valence-electron chi connectivity index (χ4n) is 1.15. The van der Waals surface area contributed by atoms with Crippen LogP contribution < -0.4 is 4.74 Å². The topological polar surface area (TPSA) is 52.3 Å². The van der Waals surface area contributed by atoms with E-state index in [2.05, 4.69) is 37.9 Å². The molecule has 0 bridgehead atoms. The SMILES string of the molecule is COc1ccc(/C=N\n2cnnc2)cc1I. The number of hydrogen-bond acceptors (Lipinski definition) is 4. The Balaban J connectivity index is 2.19. The number of aromatic nitrogens is 3. The lowest BCUT2D eigenvalue weighted by Crippen LogP contribution is -1.91. The number of nitrogens with zero attached hydrogens (tertiary/aromatic N) is 4. The molecule has 1 heterocycles. The Labute approximate surface area is 106 Å². The van der Waals surface area contributed by atoms with E-state index in [1.807, 2.05) is 18.2 Å². The average molecular weight is 328 g/mol. The second kappa shape index (κ2) is 5.06. The fraction of sp³-hybridized carbons (Fsp3) is 0.100. The maximum absolute atomic E-state index is 5.17. The summed E-state index contributed by atoms with van der Waals surface area (Å²) in [7, 11) is 1.66. The van der Waals surface area contributed by atoms with E-state index in [4.69, 9.17) is 4.74 Å². The van der Waals surface area contributed by atoms with Gasteiger partial charge < -0.3 is 4.74 Å². The molecule has 0 aliphatic carbocycles. The van der Waals surface area contributed by atoms with Crippen LogP contribution in [0.4, 0.5) is 0 Å². The highest BCUT2D eigenvalue weighted by molar-refractivity contribution is 14.1. The quantitative estimate of drug-likeness (QED) is 0.637. The van der Waals surface area contributed by atoms with Crippen molar-refractivity contribution in [2.75, 3.05) is 7.11 Å². The molecule has 0 aliphatic rings. The molecule has 0 spiro atoms. The average Bonchev–Trinajstić information content (AvgIpc) is 2.79. The largest absolute Gasteiger partial charge is 0.496 e. The molecule has 0 aliphatic heterocycles. The standard InChI is InChI=1S/C10H9IN4O/c1-16-10-3-2-8(4-9(10)11)5-14-15-6-12-13-7-15/h2-7H,1H3/b14-5-. The van der Waals surface area contributed by atoms with Gasteiger partial charge >= 0.3 is 0 Å². The monoisotopic (exact) mass is 328 g/mol. The number of methoxy groups -OCH3 is 1. The summed E-state index contributed by atoms with van der Waals surface area (Å²) >= 11 is 2.22.